The van der Waals surface area contributed by atoms with Crippen molar-refractivity contribution < 1.29 is 9.94 Å². The zero-order valence-electron chi connectivity index (χ0n) is 8.55. The summed E-state index contributed by atoms with van der Waals surface area (Å²) in [6.07, 6.45) is 0. The van der Waals surface area contributed by atoms with Crippen LogP contribution in [-0.4, -0.2) is 24.9 Å². The molecule has 0 amide bonds. The minimum Gasteiger partial charge on any atom is -0.396 e. The van der Waals surface area contributed by atoms with E-state index in [0.717, 1.165) is 0 Å². The Morgan fingerprint density at radius 2 is 2.00 bits per heavy atom. The van der Waals surface area contributed by atoms with Gasteiger partial charge in [-0.3, -0.25) is 0 Å². The van der Waals surface area contributed by atoms with Crippen LogP contribution in [0.4, 0.5) is 0 Å². The number of hydrogen-bond donors (Lipinski definition) is 2. The molecule has 2 N–H and O–H groups in total. The molecule has 12 heavy (non-hydrogen) atoms. The lowest BCUT2D eigenvalue weighted by Crippen LogP contribution is -2.33. The summed E-state index contributed by atoms with van der Waals surface area (Å²) in [7, 11) is 0. The Bertz CT molecular complexity index is 113. The first-order chi connectivity index (χ1) is 5.48. The van der Waals surface area contributed by atoms with Gasteiger partial charge in [0.1, 0.15) is 0 Å². The molecule has 0 aromatic carbocycles. The average Bonchev–Trinajstić information content (AvgIpc) is 1.98. The molecule has 0 fully saturated rings. The second kappa shape index (κ2) is 5.51. The Morgan fingerprint density at radius 3 is 2.42 bits per heavy atom. The van der Waals surface area contributed by atoms with Gasteiger partial charge in [0.2, 0.25) is 0 Å². The van der Waals surface area contributed by atoms with Gasteiger partial charge in [0.05, 0.1) is 6.61 Å². The van der Waals surface area contributed by atoms with E-state index in [2.05, 4.69) is 19.3 Å². The molecule has 0 atom stereocenters. The van der Waals surface area contributed by atoms with E-state index in [0.29, 0.717) is 19.1 Å². The Labute approximate surface area is 75.1 Å². The SMILES string of the molecule is CC(C)CONCC(C)(C)CO. The first-order valence-corrected chi connectivity index (χ1v) is 4.43. The van der Waals surface area contributed by atoms with Crippen LogP contribution in [0.15, 0.2) is 0 Å². The van der Waals surface area contributed by atoms with E-state index >= 15 is 0 Å². The van der Waals surface area contributed by atoms with Crippen LogP contribution in [0.3, 0.4) is 0 Å². The molecule has 0 saturated carbocycles. The molecule has 3 nitrogen and oxygen atoms in total. The normalized spacial score (nSPS) is 12.5. The van der Waals surface area contributed by atoms with Crippen LogP contribution in [0.25, 0.3) is 0 Å². The van der Waals surface area contributed by atoms with Crippen molar-refractivity contribution in [3.05, 3.63) is 0 Å². The zero-order valence-corrected chi connectivity index (χ0v) is 8.55. The maximum absolute atomic E-state index is 8.91. The van der Waals surface area contributed by atoms with Crippen LogP contribution in [0, 0.1) is 11.3 Å². The number of hydrogen-bond acceptors (Lipinski definition) is 3. The van der Waals surface area contributed by atoms with E-state index in [9.17, 15) is 0 Å². The molecule has 0 unspecified atom stereocenters. The van der Waals surface area contributed by atoms with Crippen LogP contribution in [0.5, 0.6) is 0 Å². The van der Waals surface area contributed by atoms with Crippen molar-refractivity contribution in [1.82, 2.24) is 5.48 Å². The van der Waals surface area contributed by atoms with Gasteiger partial charge in [-0.05, 0) is 5.92 Å². The van der Waals surface area contributed by atoms with Crippen molar-refractivity contribution in [2.45, 2.75) is 27.7 Å². The van der Waals surface area contributed by atoms with Gasteiger partial charge in [-0.25, -0.2) is 5.48 Å². The van der Waals surface area contributed by atoms with Gasteiger partial charge in [-0.1, -0.05) is 27.7 Å². The largest absolute Gasteiger partial charge is 0.396 e. The maximum atomic E-state index is 8.91. The highest BCUT2D eigenvalue weighted by Gasteiger charge is 2.15. The smallest absolute Gasteiger partial charge is 0.0705 e. The molecule has 74 valence electrons. The molecular formula is C9H21NO2. The second-order valence-corrected chi connectivity index (χ2v) is 4.35. The van der Waals surface area contributed by atoms with E-state index in [1.54, 1.807) is 0 Å². The summed E-state index contributed by atoms with van der Waals surface area (Å²) in [5.74, 6) is 0.537. The average molecular weight is 175 g/mol. The third kappa shape index (κ3) is 6.58. The summed E-state index contributed by atoms with van der Waals surface area (Å²) in [5, 5.41) is 8.91. The summed E-state index contributed by atoms with van der Waals surface area (Å²) in [4.78, 5) is 5.17. The third-order valence-corrected chi connectivity index (χ3v) is 1.50. The molecule has 0 aliphatic rings. The topological polar surface area (TPSA) is 41.5 Å². The lowest BCUT2D eigenvalue weighted by atomic mass is 9.96. The Hall–Kier alpha value is -0.120. The molecule has 0 radical (unpaired) electrons. The van der Waals surface area contributed by atoms with Crippen LogP contribution in [-0.2, 0) is 4.84 Å². The van der Waals surface area contributed by atoms with Gasteiger partial charge >= 0.3 is 0 Å². The van der Waals surface area contributed by atoms with E-state index < -0.39 is 0 Å². The number of hydroxylamine groups is 1. The summed E-state index contributed by atoms with van der Waals surface area (Å²) in [6.45, 7) is 9.72. The first-order valence-electron chi connectivity index (χ1n) is 4.43. The molecule has 0 heterocycles. The highest BCUT2D eigenvalue weighted by Crippen LogP contribution is 2.10. The fraction of sp³-hybridized carbons (Fsp3) is 1.00. The van der Waals surface area contributed by atoms with Gasteiger partial charge in [-0.15, -0.1) is 0 Å². The fourth-order valence-electron chi connectivity index (χ4n) is 0.528. The summed E-state index contributed by atoms with van der Waals surface area (Å²) >= 11 is 0. The quantitative estimate of drug-likeness (QED) is 0.470. The molecular weight excluding hydrogens is 154 g/mol. The van der Waals surface area contributed by atoms with E-state index in [4.69, 9.17) is 9.94 Å². The third-order valence-electron chi connectivity index (χ3n) is 1.50. The van der Waals surface area contributed by atoms with Crippen LogP contribution in [0.1, 0.15) is 27.7 Å². The van der Waals surface area contributed by atoms with E-state index in [1.165, 1.54) is 0 Å². The van der Waals surface area contributed by atoms with Crippen molar-refractivity contribution in [3.63, 3.8) is 0 Å². The monoisotopic (exact) mass is 175 g/mol. The van der Waals surface area contributed by atoms with Gasteiger partial charge in [0, 0.05) is 18.6 Å². The van der Waals surface area contributed by atoms with Gasteiger partial charge < -0.3 is 9.94 Å². The predicted molar refractivity (Wildman–Crippen MR) is 49.7 cm³/mol. The lowest BCUT2D eigenvalue weighted by Gasteiger charge is -2.21. The summed E-state index contributed by atoms with van der Waals surface area (Å²) < 4.78 is 0. The minimum absolute atomic E-state index is 0.100. The molecule has 0 rings (SSSR count). The summed E-state index contributed by atoms with van der Waals surface area (Å²) in [6, 6.07) is 0. The van der Waals surface area contributed by atoms with Gasteiger partial charge in [-0.2, -0.15) is 0 Å². The zero-order chi connectivity index (χ0) is 9.61. The fourth-order valence-corrected chi connectivity index (χ4v) is 0.528. The van der Waals surface area contributed by atoms with Crippen LogP contribution < -0.4 is 5.48 Å². The van der Waals surface area contributed by atoms with Crippen molar-refractivity contribution in [2.75, 3.05) is 19.8 Å². The van der Waals surface area contributed by atoms with E-state index in [1.807, 2.05) is 13.8 Å². The predicted octanol–water partition coefficient (Wildman–Crippen LogP) is 1.18. The van der Waals surface area contributed by atoms with Crippen molar-refractivity contribution >= 4 is 0 Å². The highest BCUT2D eigenvalue weighted by atomic mass is 16.6. The van der Waals surface area contributed by atoms with Gasteiger partial charge in [0.25, 0.3) is 0 Å². The number of aliphatic hydroxyl groups excluding tert-OH is 1. The standard InChI is InChI=1S/C9H21NO2/c1-8(2)5-12-10-6-9(3,4)7-11/h8,10-11H,5-7H2,1-4H3. The molecule has 0 bridgehead atoms. The molecule has 0 aromatic heterocycles. The highest BCUT2D eigenvalue weighted by molar-refractivity contribution is 4.67. The van der Waals surface area contributed by atoms with Crippen molar-refractivity contribution in [1.29, 1.82) is 0 Å². The molecule has 0 aliphatic heterocycles. The van der Waals surface area contributed by atoms with Crippen molar-refractivity contribution in [2.24, 2.45) is 11.3 Å². The molecule has 0 saturated heterocycles. The number of aliphatic hydroxyl groups is 1. The molecule has 3 heteroatoms. The van der Waals surface area contributed by atoms with E-state index in [-0.39, 0.29) is 12.0 Å². The minimum atomic E-state index is -0.100. The van der Waals surface area contributed by atoms with Crippen LogP contribution in [0.2, 0.25) is 0 Å². The Morgan fingerprint density at radius 1 is 1.42 bits per heavy atom. The maximum Gasteiger partial charge on any atom is 0.0705 e. The second-order valence-electron chi connectivity index (χ2n) is 4.35. The Balaban J connectivity index is 3.31. The lowest BCUT2D eigenvalue weighted by molar-refractivity contribution is -0.00300. The summed E-state index contributed by atoms with van der Waals surface area (Å²) in [5.41, 5.74) is 2.75. The van der Waals surface area contributed by atoms with Gasteiger partial charge in [0.15, 0.2) is 0 Å². The molecule has 0 aromatic rings. The van der Waals surface area contributed by atoms with Crippen molar-refractivity contribution in [3.8, 4) is 0 Å². The first kappa shape index (κ1) is 11.9. The Kier molecular flexibility index (Phi) is 5.46. The molecule has 0 spiro atoms. The molecule has 0 aliphatic carbocycles. The van der Waals surface area contributed by atoms with Crippen LogP contribution >= 0.6 is 0 Å². The number of nitrogens with one attached hydrogen (secondary N) is 1. The number of rotatable bonds is 6.